The first kappa shape index (κ1) is 17.1. The molecule has 0 saturated heterocycles. The third kappa shape index (κ3) is 3.95. The lowest BCUT2D eigenvalue weighted by Gasteiger charge is -2.19. The zero-order valence-electron chi connectivity index (χ0n) is 12.1. The first-order valence-electron chi connectivity index (χ1n) is 6.47. The molecule has 0 saturated carbocycles. The lowest BCUT2D eigenvalue weighted by Crippen LogP contribution is -2.16. The van der Waals surface area contributed by atoms with Crippen LogP contribution in [0.1, 0.15) is 22.0 Å². The predicted molar refractivity (Wildman–Crippen MR) is 83.4 cm³/mol. The van der Waals surface area contributed by atoms with Gasteiger partial charge in [-0.3, -0.25) is 0 Å². The smallest absolute Gasteiger partial charge is 0.338 e. The van der Waals surface area contributed by atoms with E-state index in [1.54, 1.807) is 0 Å². The van der Waals surface area contributed by atoms with Crippen LogP contribution in [-0.4, -0.2) is 24.7 Å². The molecule has 23 heavy (non-hydrogen) atoms. The van der Waals surface area contributed by atoms with Crippen molar-refractivity contribution in [2.75, 3.05) is 19.5 Å². The van der Waals surface area contributed by atoms with E-state index in [0.717, 1.165) is 12.1 Å². The van der Waals surface area contributed by atoms with Crippen LogP contribution < -0.4 is 10.5 Å². The Kier molecular flexibility index (Phi) is 5.49. The molecule has 5 nitrogen and oxygen atoms in total. The van der Waals surface area contributed by atoms with Gasteiger partial charge in [-0.15, -0.1) is 0 Å². The largest absolute Gasteiger partial charge is 0.479 e. The van der Waals surface area contributed by atoms with Gasteiger partial charge in [-0.05, 0) is 40.2 Å². The molecule has 122 valence electrons. The number of pyridine rings is 1. The number of anilines is 1. The van der Waals surface area contributed by atoms with E-state index in [1.165, 1.54) is 25.4 Å². The molecule has 1 aromatic carbocycles. The van der Waals surface area contributed by atoms with Crippen molar-refractivity contribution in [2.45, 2.75) is 6.10 Å². The third-order valence-electron chi connectivity index (χ3n) is 3.02. The minimum atomic E-state index is -1.24. The van der Waals surface area contributed by atoms with Crippen LogP contribution in [0.25, 0.3) is 0 Å². The number of methoxy groups -OCH3 is 1. The molecule has 0 amide bonds. The van der Waals surface area contributed by atoms with Crippen LogP contribution in [0.3, 0.4) is 0 Å². The number of nitrogens with zero attached hydrogens (tertiary/aromatic N) is 1. The van der Waals surface area contributed by atoms with E-state index in [2.05, 4.69) is 25.7 Å². The van der Waals surface area contributed by atoms with Crippen molar-refractivity contribution >= 4 is 27.7 Å². The maximum atomic E-state index is 13.5. The summed E-state index contributed by atoms with van der Waals surface area (Å²) in [6.07, 6.45) is 0.215. The summed E-state index contributed by atoms with van der Waals surface area (Å²) in [6.45, 7) is -1.00. The van der Waals surface area contributed by atoms with E-state index in [4.69, 9.17) is 10.5 Å². The number of nitrogens with two attached hydrogens (primary N) is 1. The van der Waals surface area contributed by atoms with Crippen molar-refractivity contribution < 1.29 is 23.0 Å². The number of alkyl halides is 1. The predicted octanol–water partition coefficient (Wildman–Crippen LogP) is 3.44. The van der Waals surface area contributed by atoms with Gasteiger partial charge in [0, 0.05) is 16.2 Å². The highest BCUT2D eigenvalue weighted by molar-refractivity contribution is 9.10. The van der Waals surface area contributed by atoms with E-state index in [1.807, 2.05) is 0 Å². The number of hydrogen-bond acceptors (Lipinski definition) is 5. The molecular weight excluding hydrogens is 374 g/mol. The number of benzene rings is 1. The highest BCUT2D eigenvalue weighted by Crippen LogP contribution is 2.30. The summed E-state index contributed by atoms with van der Waals surface area (Å²) in [6, 6.07) is 4.82. The molecule has 0 bridgehead atoms. The number of carbonyl (C=O) groups excluding carboxylic acids is 1. The molecule has 1 aromatic heterocycles. The third-order valence-corrected chi connectivity index (χ3v) is 3.46. The molecule has 0 aliphatic rings. The number of aromatic nitrogens is 1. The molecule has 1 heterocycles. The van der Waals surface area contributed by atoms with Gasteiger partial charge < -0.3 is 15.2 Å². The molecule has 2 rings (SSSR count). The summed E-state index contributed by atoms with van der Waals surface area (Å²) in [7, 11) is 1.18. The average Bonchev–Trinajstić information content (AvgIpc) is 2.54. The Bertz CT molecular complexity index is 728. The summed E-state index contributed by atoms with van der Waals surface area (Å²) in [5.41, 5.74) is 5.72. The van der Waals surface area contributed by atoms with E-state index < -0.39 is 24.6 Å². The minimum Gasteiger partial charge on any atom is -0.479 e. The summed E-state index contributed by atoms with van der Waals surface area (Å²) in [5, 5.41) is 0. The molecule has 0 fully saturated rings. The summed E-state index contributed by atoms with van der Waals surface area (Å²) in [4.78, 5) is 15.6. The standard InChI is InChI=1S/C15H13BrF2N2O3/c1-22-15(21)10-3-2-9(18)5-11(10)13(6-17)23-12-4-8(16)7-20-14(12)19/h2-5,7,13H,6H2,1H3,(H2,19,20)/t13-/m1/s1. The van der Waals surface area contributed by atoms with Gasteiger partial charge in [0.05, 0.1) is 12.7 Å². The van der Waals surface area contributed by atoms with E-state index in [9.17, 15) is 13.6 Å². The number of halogens is 3. The Morgan fingerprint density at radius 2 is 2.17 bits per heavy atom. The monoisotopic (exact) mass is 386 g/mol. The van der Waals surface area contributed by atoms with E-state index >= 15 is 0 Å². The number of hydrogen-bond donors (Lipinski definition) is 1. The van der Waals surface area contributed by atoms with Crippen LogP contribution in [0.4, 0.5) is 14.6 Å². The Labute approximate surface area is 139 Å². The fourth-order valence-electron chi connectivity index (χ4n) is 1.95. The Morgan fingerprint density at radius 3 is 2.83 bits per heavy atom. The van der Waals surface area contributed by atoms with Crippen molar-refractivity contribution in [3.8, 4) is 5.75 Å². The van der Waals surface area contributed by atoms with Gasteiger partial charge in [-0.25, -0.2) is 18.6 Å². The number of nitrogen functional groups attached to an aromatic ring is 1. The number of esters is 1. The van der Waals surface area contributed by atoms with Crippen molar-refractivity contribution in [1.82, 2.24) is 4.98 Å². The van der Waals surface area contributed by atoms with Crippen molar-refractivity contribution in [2.24, 2.45) is 0 Å². The summed E-state index contributed by atoms with van der Waals surface area (Å²) < 4.78 is 37.7. The normalized spacial score (nSPS) is 11.8. The minimum absolute atomic E-state index is 0.0121. The van der Waals surface area contributed by atoms with Crippen molar-refractivity contribution in [3.63, 3.8) is 0 Å². The fourth-order valence-corrected chi connectivity index (χ4v) is 2.26. The Morgan fingerprint density at radius 1 is 1.43 bits per heavy atom. The lowest BCUT2D eigenvalue weighted by molar-refractivity contribution is 0.0593. The van der Waals surface area contributed by atoms with Gasteiger partial charge in [0.15, 0.2) is 17.7 Å². The molecule has 0 spiro atoms. The topological polar surface area (TPSA) is 74.4 Å². The number of ether oxygens (including phenoxy) is 2. The van der Waals surface area contributed by atoms with Crippen molar-refractivity contribution in [1.29, 1.82) is 0 Å². The first-order chi connectivity index (χ1) is 11.0. The quantitative estimate of drug-likeness (QED) is 0.796. The highest BCUT2D eigenvalue weighted by atomic mass is 79.9. The van der Waals surface area contributed by atoms with Crippen LogP contribution in [0.2, 0.25) is 0 Å². The zero-order valence-corrected chi connectivity index (χ0v) is 13.6. The lowest BCUT2D eigenvalue weighted by atomic mass is 10.0. The molecule has 0 aliphatic carbocycles. The maximum Gasteiger partial charge on any atom is 0.338 e. The van der Waals surface area contributed by atoms with Gasteiger partial charge in [0.1, 0.15) is 12.5 Å². The van der Waals surface area contributed by atoms with Gasteiger partial charge in [-0.2, -0.15) is 0 Å². The summed E-state index contributed by atoms with van der Waals surface area (Å²) >= 11 is 3.20. The van der Waals surface area contributed by atoms with Gasteiger partial charge in [-0.1, -0.05) is 0 Å². The van der Waals surface area contributed by atoms with Crippen LogP contribution in [0, 0.1) is 5.82 Å². The van der Waals surface area contributed by atoms with Crippen LogP contribution in [-0.2, 0) is 4.74 Å². The molecule has 1 atom stereocenters. The number of carbonyl (C=O) groups is 1. The number of rotatable bonds is 5. The zero-order chi connectivity index (χ0) is 17.0. The second-order valence-corrected chi connectivity index (χ2v) is 5.44. The van der Waals surface area contributed by atoms with Gasteiger partial charge in [0.2, 0.25) is 0 Å². The molecule has 0 unspecified atom stereocenters. The van der Waals surface area contributed by atoms with Crippen LogP contribution >= 0.6 is 15.9 Å². The fraction of sp³-hybridized carbons (Fsp3) is 0.200. The highest BCUT2D eigenvalue weighted by Gasteiger charge is 2.23. The van der Waals surface area contributed by atoms with Crippen LogP contribution in [0.15, 0.2) is 34.9 Å². The second kappa shape index (κ2) is 7.36. The van der Waals surface area contributed by atoms with E-state index in [-0.39, 0.29) is 22.7 Å². The van der Waals surface area contributed by atoms with Crippen LogP contribution in [0.5, 0.6) is 5.75 Å². The molecule has 2 aromatic rings. The molecule has 8 heteroatoms. The maximum absolute atomic E-state index is 13.5. The Balaban J connectivity index is 2.43. The van der Waals surface area contributed by atoms with E-state index in [0.29, 0.717) is 4.47 Å². The van der Waals surface area contributed by atoms with Crippen molar-refractivity contribution in [3.05, 3.63) is 51.9 Å². The average molecular weight is 387 g/mol. The molecular formula is C15H13BrF2N2O3. The molecule has 2 N–H and O–H groups in total. The SMILES string of the molecule is COC(=O)c1ccc(F)cc1[C@@H](CF)Oc1cc(Br)cnc1N. The van der Waals surface area contributed by atoms with Gasteiger partial charge in [0.25, 0.3) is 0 Å². The molecule has 0 radical (unpaired) electrons. The molecule has 0 aliphatic heterocycles. The summed E-state index contributed by atoms with van der Waals surface area (Å²) in [5.74, 6) is -1.19. The Hall–Kier alpha value is -2.22. The van der Waals surface area contributed by atoms with Gasteiger partial charge >= 0.3 is 5.97 Å². The first-order valence-corrected chi connectivity index (χ1v) is 7.27. The second-order valence-electron chi connectivity index (χ2n) is 4.52.